The quantitative estimate of drug-likeness (QED) is 0.750. The van der Waals surface area contributed by atoms with Crippen molar-refractivity contribution in [2.75, 3.05) is 31.6 Å². The van der Waals surface area contributed by atoms with Crippen LogP contribution >= 0.6 is 0 Å². The van der Waals surface area contributed by atoms with Gasteiger partial charge in [0.05, 0.1) is 19.8 Å². The topological polar surface area (TPSA) is 79.5 Å². The molecule has 108 valence electrons. The second-order valence-corrected chi connectivity index (χ2v) is 5.25. The second kappa shape index (κ2) is 6.38. The maximum absolute atomic E-state index is 11.6. The van der Waals surface area contributed by atoms with E-state index in [0.717, 1.165) is 0 Å². The Bertz CT molecular complexity index is 472. The van der Waals surface area contributed by atoms with Crippen LogP contribution in [0.1, 0.15) is 6.92 Å². The van der Waals surface area contributed by atoms with Gasteiger partial charge in [0.2, 0.25) is 5.91 Å². The molecule has 0 saturated carbocycles. The Kier molecular flexibility index (Phi) is 4.57. The lowest BCUT2D eigenvalue weighted by molar-refractivity contribution is -0.125. The van der Waals surface area contributed by atoms with Crippen molar-refractivity contribution in [1.29, 1.82) is 0 Å². The highest BCUT2D eigenvalue weighted by Gasteiger charge is 2.33. The lowest BCUT2D eigenvalue weighted by atomic mass is 9.89. The van der Waals surface area contributed by atoms with E-state index in [9.17, 15) is 9.59 Å². The summed E-state index contributed by atoms with van der Waals surface area (Å²) in [5.41, 5.74) is 0.714. The number of hydrogen-bond donors (Lipinski definition) is 3. The molecule has 0 radical (unpaired) electrons. The molecule has 1 heterocycles. The molecule has 0 atom stereocenters. The fourth-order valence-corrected chi connectivity index (χ4v) is 1.78. The van der Waals surface area contributed by atoms with E-state index in [-0.39, 0.29) is 17.9 Å². The summed E-state index contributed by atoms with van der Waals surface area (Å²) in [6.45, 7) is 3.89. The Morgan fingerprint density at radius 3 is 2.50 bits per heavy atom. The monoisotopic (exact) mass is 277 g/mol. The highest BCUT2D eigenvalue weighted by molar-refractivity contribution is 5.92. The molecular formula is C14H19N3O3. The third-order valence-corrected chi connectivity index (χ3v) is 3.05. The number of carbonyl (C=O) groups excluding carboxylic acids is 2. The van der Waals surface area contributed by atoms with Gasteiger partial charge in [-0.05, 0) is 12.1 Å². The van der Waals surface area contributed by atoms with Gasteiger partial charge < -0.3 is 20.7 Å². The van der Waals surface area contributed by atoms with Gasteiger partial charge >= 0.3 is 6.03 Å². The van der Waals surface area contributed by atoms with Crippen LogP contribution in [0.3, 0.4) is 0 Å². The van der Waals surface area contributed by atoms with E-state index in [1.807, 2.05) is 25.1 Å². The third kappa shape index (κ3) is 4.24. The first kappa shape index (κ1) is 14.3. The minimum atomic E-state index is -0.399. The number of anilines is 1. The molecule has 0 bridgehead atoms. The van der Waals surface area contributed by atoms with Crippen LogP contribution in [0, 0.1) is 5.41 Å². The number of urea groups is 1. The van der Waals surface area contributed by atoms with E-state index in [1.54, 1.807) is 12.1 Å². The Hall–Kier alpha value is -2.08. The first-order chi connectivity index (χ1) is 9.57. The van der Waals surface area contributed by atoms with E-state index in [1.165, 1.54) is 0 Å². The lowest BCUT2D eigenvalue weighted by Crippen LogP contribution is -2.50. The summed E-state index contributed by atoms with van der Waals surface area (Å²) in [4.78, 5) is 23.2. The SMILES string of the molecule is CC1(CNC(=O)CNC(=O)Nc2ccccc2)COC1. The van der Waals surface area contributed by atoms with Crippen molar-refractivity contribution in [3.63, 3.8) is 0 Å². The molecule has 3 N–H and O–H groups in total. The predicted octanol–water partition coefficient (Wildman–Crippen LogP) is 0.961. The second-order valence-electron chi connectivity index (χ2n) is 5.25. The van der Waals surface area contributed by atoms with Gasteiger partial charge in [0.1, 0.15) is 0 Å². The van der Waals surface area contributed by atoms with Crippen molar-refractivity contribution < 1.29 is 14.3 Å². The lowest BCUT2D eigenvalue weighted by Gasteiger charge is -2.38. The average Bonchev–Trinajstić information content (AvgIpc) is 2.42. The average molecular weight is 277 g/mol. The Balaban J connectivity index is 1.64. The maximum Gasteiger partial charge on any atom is 0.319 e. The zero-order chi connectivity index (χ0) is 14.4. The first-order valence-corrected chi connectivity index (χ1v) is 6.52. The number of hydrogen-bond acceptors (Lipinski definition) is 3. The minimum Gasteiger partial charge on any atom is -0.380 e. The number of benzene rings is 1. The Labute approximate surface area is 117 Å². The summed E-state index contributed by atoms with van der Waals surface area (Å²) < 4.78 is 5.10. The van der Waals surface area contributed by atoms with Gasteiger partial charge in [-0.25, -0.2) is 4.79 Å². The maximum atomic E-state index is 11.6. The van der Waals surface area contributed by atoms with E-state index in [0.29, 0.717) is 25.4 Å². The molecule has 0 aromatic heterocycles. The molecule has 2 rings (SSSR count). The Morgan fingerprint density at radius 2 is 1.90 bits per heavy atom. The van der Waals surface area contributed by atoms with Gasteiger partial charge in [0.15, 0.2) is 0 Å². The van der Waals surface area contributed by atoms with E-state index < -0.39 is 6.03 Å². The van der Waals surface area contributed by atoms with Crippen molar-refractivity contribution in [2.24, 2.45) is 5.41 Å². The summed E-state index contributed by atoms with van der Waals surface area (Å²) in [6, 6.07) is 8.66. The highest BCUT2D eigenvalue weighted by Crippen LogP contribution is 2.24. The molecule has 0 aliphatic carbocycles. The van der Waals surface area contributed by atoms with E-state index in [2.05, 4.69) is 16.0 Å². The van der Waals surface area contributed by atoms with Crippen LogP contribution in [-0.4, -0.2) is 38.2 Å². The van der Waals surface area contributed by atoms with Crippen molar-refractivity contribution in [3.8, 4) is 0 Å². The molecule has 1 aromatic rings. The normalized spacial score (nSPS) is 15.8. The zero-order valence-electron chi connectivity index (χ0n) is 11.4. The van der Waals surface area contributed by atoms with Crippen molar-refractivity contribution in [3.05, 3.63) is 30.3 Å². The minimum absolute atomic E-state index is 0.0297. The van der Waals surface area contributed by atoms with Crippen molar-refractivity contribution in [1.82, 2.24) is 10.6 Å². The molecule has 0 spiro atoms. The summed E-state index contributed by atoms with van der Waals surface area (Å²) >= 11 is 0. The molecule has 1 saturated heterocycles. The van der Waals surface area contributed by atoms with Gasteiger partial charge in [-0.15, -0.1) is 0 Å². The first-order valence-electron chi connectivity index (χ1n) is 6.52. The van der Waals surface area contributed by atoms with Crippen LogP contribution in [0.15, 0.2) is 30.3 Å². The number of para-hydroxylation sites is 1. The number of carbonyl (C=O) groups is 2. The van der Waals surface area contributed by atoms with Gasteiger partial charge in [-0.3, -0.25) is 4.79 Å². The van der Waals surface area contributed by atoms with Crippen LogP contribution in [0.4, 0.5) is 10.5 Å². The smallest absolute Gasteiger partial charge is 0.319 e. The van der Waals surface area contributed by atoms with Gasteiger partial charge in [-0.1, -0.05) is 25.1 Å². The van der Waals surface area contributed by atoms with Crippen molar-refractivity contribution >= 4 is 17.6 Å². The molecule has 1 aliphatic rings. The molecule has 20 heavy (non-hydrogen) atoms. The largest absolute Gasteiger partial charge is 0.380 e. The standard InChI is InChI=1S/C14H19N3O3/c1-14(9-20-10-14)8-16-12(18)7-15-13(19)17-11-5-3-2-4-6-11/h2-6H,7-10H2,1H3,(H,16,18)(H2,15,17,19). The van der Waals surface area contributed by atoms with Gasteiger partial charge in [-0.2, -0.15) is 0 Å². The molecule has 1 aliphatic heterocycles. The number of rotatable bonds is 5. The zero-order valence-corrected chi connectivity index (χ0v) is 11.4. The van der Waals surface area contributed by atoms with E-state index >= 15 is 0 Å². The van der Waals surface area contributed by atoms with Crippen LogP contribution in [0.5, 0.6) is 0 Å². The Morgan fingerprint density at radius 1 is 1.20 bits per heavy atom. The molecular weight excluding hydrogens is 258 g/mol. The fraction of sp³-hybridized carbons (Fsp3) is 0.429. The molecule has 1 aromatic carbocycles. The summed E-state index contributed by atoms with van der Waals surface area (Å²) in [6.07, 6.45) is 0. The summed E-state index contributed by atoms with van der Waals surface area (Å²) in [7, 11) is 0. The molecule has 3 amide bonds. The predicted molar refractivity (Wildman–Crippen MR) is 75.4 cm³/mol. The number of nitrogens with one attached hydrogen (secondary N) is 3. The fourth-order valence-electron chi connectivity index (χ4n) is 1.78. The van der Waals surface area contributed by atoms with Crippen molar-refractivity contribution in [2.45, 2.75) is 6.92 Å². The van der Waals surface area contributed by atoms with Gasteiger partial charge in [0.25, 0.3) is 0 Å². The number of ether oxygens (including phenoxy) is 1. The molecule has 0 unspecified atom stereocenters. The van der Waals surface area contributed by atoms with Crippen LogP contribution in [-0.2, 0) is 9.53 Å². The highest BCUT2D eigenvalue weighted by atomic mass is 16.5. The van der Waals surface area contributed by atoms with Crippen LogP contribution in [0.25, 0.3) is 0 Å². The van der Waals surface area contributed by atoms with Crippen LogP contribution < -0.4 is 16.0 Å². The number of amides is 3. The molecule has 6 nitrogen and oxygen atoms in total. The third-order valence-electron chi connectivity index (χ3n) is 3.05. The molecule has 1 fully saturated rings. The summed E-state index contributed by atoms with van der Waals surface area (Å²) in [5.74, 6) is -0.207. The summed E-state index contributed by atoms with van der Waals surface area (Å²) in [5, 5.41) is 7.93. The van der Waals surface area contributed by atoms with Crippen LogP contribution in [0.2, 0.25) is 0 Å². The van der Waals surface area contributed by atoms with E-state index in [4.69, 9.17) is 4.74 Å². The van der Waals surface area contributed by atoms with Gasteiger partial charge in [0, 0.05) is 17.6 Å². The molecule has 6 heteroatoms.